The van der Waals surface area contributed by atoms with Gasteiger partial charge in [-0.3, -0.25) is 14.5 Å². The van der Waals surface area contributed by atoms with Crippen LogP contribution in [-0.4, -0.2) is 84.9 Å². The molecule has 4 amide bonds. The largest absolute Gasteiger partial charge is 0.376 e. The summed E-state index contributed by atoms with van der Waals surface area (Å²) in [4.78, 5) is 40.7. The highest BCUT2D eigenvalue weighted by atomic mass is 32.2. The number of carbonyl (C=O) groups excluding carboxylic acids is 3. The average Bonchev–Trinajstić information content (AvgIpc) is 3.19. The summed E-state index contributed by atoms with van der Waals surface area (Å²) < 4.78 is 29.5. The molecule has 3 saturated heterocycles. The second kappa shape index (κ2) is 6.98. The van der Waals surface area contributed by atoms with E-state index in [4.69, 9.17) is 4.74 Å². The molecular formula is C18H27N3O6S. The summed E-state index contributed by atoms with van der Waals surface area (Å²) in [5.74, 6) is -0.682. The Bertz CT molecular complexity index is 789. The molecule has 1 saturated carbocycles. The fourth-order valence-electron chi connectivity index (χ4n) is 4.51. The summed E-state index contributed by atoms with van der Waals surface area (Å²) in [5, 5.41) is 2.74. The number of carbonyl (C=O) groups is 3. The van der Waals surface area contributed by atoms with Crippen molar-refractivity contribution < 1.29 is 27.5 Å². The Balaban J connectivity index is 1.48. The molecule has 156 valence electrons. The van der Waals surface area contributed by atoms with Crippen LogP contribution in [0.4, 0.5) is 4.79 Å². The molecule has 1 N–H and O–H groups in total. The summed E-state index contributed by atoms with van der Waals surface area (Å²) >= 11 is 0. The molecule has 28 heavy (non-hydrogen) atoms. The molecule has 1 aliphatic carbocycles. The van der Waals surface area contributed by atoms with Crippen LogP contribution in [0.15, 0.2) is 0 Å². The number of nitrogens with one attached hydrogen (secondary N) is 1. The summed E-state index contributed by atoms with van der Waals surface area (Å²) in [6, 6.07) is -0.985. The smallest absolute Gasteiger partial charge is 0.325 e. The molecule has 0 aromatic carbocycles. The molecule has 4 fully saturated rings. The van der Waals surface area contributed by atoms with E-state index in [1.165, 1.54) is 4.90 Å². The molecular weight excluding hydrogens is 386 g/mol. The maximum Gasteiger partial charge on any atom is 0.325 e. The van der Waals surface area contributed by atoms with E-state index in [0.717, 1.165) is 30.6 Å². The van der Waals surface area contributed by atoms with Gasteiger partial charge in [0.15, 0.2) is 9.84 Å². The molecule has 4 rings (SSSR count). The van der Waals surface area contributed by atoms with Gasteiger partial charge in [0.2, 0.25) is 5.91 Å². The van der Waals surface area contributed by atoms with E-state index in [0.29, 0.717) is 19.6 Å². The normalized spacial score (nSPS) is 34.7. The van der Waals surface area contributed by atoms with Crippen LogP contribution < -0.4 is 5.32 Å². The van der Waals surface area contributed by atoms with Crippen molar-refractivity contribution in [3.8, 4) is 0 Å². The Kier molecular flexibility index (Phi) is 4.89. The van der Waals surface area contributed by atoms with E-state index in [-0.39, 0.29) is 36.0 Å². The van der Waals surface area contributed by atoms with Crippen molar-refractivity contribution >= 4 is 27.7 Å². The van der Waals surface area contributed by atoms with Gasteiger partial charge in [-0.25, -0.2) is 13.2 Å². The van der Waals surface area contributed by atoms with Crippen molar-refractivity contribution in [3.63, 3.8) is 0 Å². The second-order valence-electron chi connectivity index (χ2n) is 8.54. The number of urea groups is 1. The van der Waals surface area contributed by atoms with Gasteiger partial charge in [0, 0.05) is 19.2 Å². The first-order valence-electron chi connectivity index (χ1n) is 9.95. The molecule has 3 heterocycles. The maximum atomic E-state index is 13.1. The number of hydrogen-bond acceptors (Lipinski definition) is 6. The van der Waals surface area contributed by atoms with Gasteiger partial charge in [-0.15, -0.1) is 0 Å². The zero-order valence-electron chi connectivity index (χ0n) is 16.1. The molecule has 0 unspecified atom stereocenters. The van der Waals surface area contributed by atoms with Crippen LogP contribution in [0.1, 0.15) is 39.0 Å². The molecule has 3 atom stereocenters. The van der Waals surface area contributed by atoms with Crippen LogP contribution in [0.5, 0.6) is 0 Å². The molecule has 0 bridgehead atoms. The first-order chi connectivity index (χ1) is 13.2. The van der Waals surface area contributed by atoms with Gasteiger partial charge < -0.3 is 15.0 Å². The molecule has 0 radical (unpaired) electrons. The first kappa shape index (κ1) is 19.6. The van der Waals surface area contributed by atoms with Crippen molar-refractivity contribution in [2.75, 3.05) is 31.2 Å². The van der Waals surface area contributed by atoms with E-state index < -0.39 is 33.4 Å². The molecule has 10 heteroatoms. The highest BCUT2D eigenvalue weighted by molar-refractivity contribution is 7.91. The second-order valence-corrected chi connectivity index (χ2v) is 10.8. The van der Waals surface area contributed by atoms with Crippen LogP contribution in [-0.2, 0) is 24.2 Å². The Morgan fingerprint density at radius 3 is 2.61 bits per heavy atom. The predicted molar refractivity (Wildman–Crippen MR) is 99.1 cm³/mol. The van der Waals surface area contributed by atoms with Crippen LogP contribution in [0.25, 0.3) is 0 Å². The molecule has 0 aromatic heterocycles. The summed E-state index contributed by atoms with van der Waals surface area (Å²) in [6.07, 6.45) is 3.73. The topological polar surface area (TPSA) is 113 Å². The average molecular weight is 413 g/mol. The summed E-state index contributed by atoms with van der Waals surface area (Å²) in [5.41, 5.74) is -0.937. The van der Waals surface area contributed by atoms with Crippen LogP contribution >= 0.6 is 0 Å². The van der Waals surface area contributed by atoms with Crippen molar-refractivity contribution in [3.05, 3.63) is 0 Å². The third kappa shape index (κ3) is 3.63. The Morgan fingerprint density at radius 2 is 2.04 bits per heavy atom. The highest BCUT2D eigenvalue weighted by Crippen LogP contribution is 2.42. The van der Waals surface area contributed by atoms with Crippen molar-refractivity contribution in [1.29, 1.82) is 0 Å². The van der Waals surface area contributed by atoms with Crippen LogP contribution in [0.3, 0.4) is 0 Å². The minimum absolute atomic E-state index is 0.0514. The lowest BCUT2D eigenvalue weighted by atomic mass is 9.96. The maximum absolute atomic E-state index is 13.1. The van der Waals surface area contributed by atoms with Crippen molar-refractivity contribution in [1.82, 2.24) is 15.1 Å². The number of rotatable bonds is 6. The Hall–Kier alpha value is -1.68. The van der Waals surface area contributed by atoms with Gasteiger partial charge in [0.05, 0.1) is 17.6 Å². The lowest BCUT2D eigenvalue weighted by molar-refractivity contribution is -0.141. The zero-order valence-corrected chi connectivity index (χ0v) is 16.9. The minimum atomic E-state index is -3.17. The molecule has 4 aliphatic rings. The number of nitrogens with zero attached hydrogens (tertiary/aromatic N) is 2. The lowest BCUT2D eigenvalue weighted by Crippen LogP contribution is -2.51. The van der Waals surface area contributed by atoms with Gasteiger partial charge in [0.25, 0.3) is 5.91 Å². The molecule has 0 aromatic rings. The molecule has 0 spiro atoms. The third-order valence-electron chi connectivity index (χ3n) is 6.38. The van der Waals surface area contributed by atoms with Gasteiger partial charge in [-0.05, 0) is 44.9 Å². The monoisotopic (exact) mass is 413 g/mol. The van der Waals surface area contributed by atoms with Crippen molar-refractivity contribution in [2.45, 2.75) is 56.7 Å². The minimum Gasteiger partial charge on any atom is -0.376 e. The zero-order chi connectivity index (χ0) is 20.1. The molecule has 9 nitrogen and oxygen atoms in total. The summed E-state index contributed by atoms with van der Waals surface area (Å²) in [7, 11) is -3.17. The number of sulfone groups is 1. The number of imide groups is 1. The summed E-state index contributed by atoms with van der Waals surface area (Å²) in [6.45, 7) is 2.27. The highest BCUT2D eigenvalue weighted by Gasteiger charge is 2.56. The predicted octanol–water partition coefficient (Wildman–Crippen LogP) is -0.0984. The fourth-order valence-corrected chi connectivity index (χ4v) is 6.24. The van der Waals surface area contributed by atoms with Gasteiger partial charge in [0.1, 0.15) is 12.1 Å². The first-order valence-corrected chi connectivity index (χ1v) is 11.8. The standard InChI is InChI=1S/C18H27N3O6S/c1-18(12-4-5-12)16(23)21(17(24)19-18)10-15(22)20(9-14-3-2-7-27-14)13-6-8-28(25,26)11-13/h12-14H,2-11H2,1H3,(H,19,24)/t13-,14+,18+/m1/s1. The Labute approximate surface area is 164 Å². The van der Waals surface area contributed by atoms with Gasteiger partial charge in [-0.2, -0.15) is 0 Å². The number of ether oxygens (including phenoxy) is 1. The lowest BCUT2D eigenvalue weighted by Gasteiger charge is -2.31. The molecule has 3 aliphatic heterocycles. The quantitative estimate of drug-likeness (QED) is 0.609. The fraction of sp³-hybridized carbons (Fsp3) is 0.833. The Morgan fingerprint density at radius 1 is 1.29 bits per heavy atom. The third-order valence-corrected chi connectivity index (χ3v) is 8.13. The van der Waals surface area contributed by atoms with Gasteiger partial charge in [-0.1, -0.05) is 0 Å². The van der Waals surface area contributed by atoms with Crippen LogP contribution in [0, 0.1) is 5.92 Å². The number of hydrogen-bond donors (Lipinski definition) is 1. The van der Waals surface area contributed by atoms with Gasteiger partial charge >= 0.3 is 6.03 Å². The van der Waals surface area contributed by atoms with Crippen molar-refractivity contribution in [2.24, 2.45) is 5.92 Å². The SMILES string of the molecule is C[C@@]1(C2CC2)NC(=O)N(CC(=O)N(C[C@@H]2CCCO2)[C@@H]2CCS(=O)(=O)C2)C1=O. The van der Waals surface area contributed by atoms with E-state index >= 15 is 0 Å². The van der Waals surface area contributed by atoms with E-state index in [1.807, 2.05) is 0 Å². The van der Waals surface area contributed by atoms with E-state index in [2.05, 4.69) is 5.32 Å². The van der Waals surface area contributed by atoms with Crippen LogP contribution in [0.2, 0.25) is 0 Å². The number of amides is 4. The van der Waals surface area contributed by atoms with E-state index in [1.54, 1.807) is 6.92 Å². The van der Waals surface area contributed by atoms with E-state index in [9.17, 15) is 22.8 Å².